The summed E-state index contributed by atoms with van der Waals surface area (Å²) in [5.41, 5.74) is 11.0. The molecule has 19 heavy (non-hydrogen) atoms. The lowest BCUT2D eigenvalue weighted by Crippen LogP contribution is -2.13. The number of H-pyrrole nitrogens is 1. The Kier molecular flexibility index (Phi) is 3.10. The van der Waals surface area contributed by atoms with E-state index < -0.39 is 0 Å². The molecule has 3 rings (SSSR count). The molecule has 0 amide bonds. The molecular formula is C17H18N2. The molecule has 0 spiro atoms. The van der Waals surface area contributed by atoms with E-state index in [4.69, 9.17) is 5.73 Å². The number of para-hydroxylation sites is 1. The van der Waals surface area contributed by atoms with E-state index >= 15 is 0 Å². The molecule has 0 saturated carbocycles. The maximum Gasteiger partial charge on any atom is 0.0457 e. The summed E-state index contributed by atoms with van der Waals surface area (Å²) < 4.78 is 0. The van der Waals surface area contributed by atoms with Gasteiger partial charge in [0, 0.05) is 29.6 Å². The van der Waals surface area contributed by atoms with Gasteiger partial charge >= 0.3 is 0 Å². The number of nitrogens with two attached hydrogens (primary N) is 1. The average molecular weight is 250 g/mol. The summed E-state index contributed by atoms with van der Waals surface area (Å²) in [6, 6.07) is 17.0. The number of benzene rings is 2. The van der Waals surface area contributed by atoms with Gasteiger partial charge in [-0.25, -0.2) is 0 Å². The van der Waals surface area contributed by atoms with Gasteiger partial charge in [0.25, 0.3) is 0 Å². The van der Waals surface area contributed by atoms with Gasteiger partial charge in [0.15, 0.2) is 0 Å². The number of nitrogens with one attached hydrogen (secondary N) is 1. The number of rotatable bonds is 3. The van der Waals surface area contributed by atoms with Gasteiger partial charge in [-0.3, -0.25) is 0 Å². The van der Waals surface area contributed by atoms with Crippen molar-refractivity contribution in [2.45, 2.75) is 12.8 Å². The molecule has 2 nitrogen and oxygen atoms in total. The normalized spacial score (nSPS) is 12.7. The van der Waals surface area contributed by atoms with Gasteiger partial charge in [-0.2, -0.15) is 0 Å². The highest BCUT2D eigenvalue weighted by Crippen LogP contribution is 2.30. The van der Waals surface area contributed by atoms with E-state index in [1.807, 2.05) is 6.07 Å². The van der Waals surface area contributed by atoms with Crippen LogP contribution >= 0.6 is 0 Å². The maximum atomic E-state index is 6.02. The van der Waals surface area contributed by atoms with Crippen molar-refractivity contribution in [1.29, 1.82) is 0 Å². The van der Waals surface area contributed by atoms with Crippen LogP contribution in [0, 0.1) is 6.92 Å². The second-order valence-electron chi connectivity index (χ2n) is 4.99. The zero-order valence-electron chi connectivity index (χ0n) is 11.1. The third kappa shape index (κ3) is 2.15. The first kappa shape index (κ1) is 12.0. The van der Waals surface area contributed by atoms with Crippen molar-refractivity contribution >= 4 is 10.9 Å². The Bertz CT molecular complexity index is 697. The molecule has 1 aromatic heterocycles. The van der Waals surface area contributed by atoms with Gasteiger partial charge < -0.3 is 10.7 Å². The second kappa shape index (κ2) is 4.90. The first-order valence-corrected chi connectivity index (χ1v) is 6.62. The molecule has 1 atom stereocenters. The fourth-order valence-electron chi connectivity index (χ4n) is 2.71. The fourth-order valence-corrected chi connectivity index (χ4v) is 2.71. The minimum Gasteiger partial charge on any atom is -0.361 e. The van der Waals surface area contributed by atoms with Crippen LogP contribution in [0.3, 0.4) is 0 Å². The molecule has 0 aliphatic carbocycles. The lowest BCUT2D eigenvalue weighted by molar-refractivity contribution is 0.824. The summed E-state index contributed by atoms with van der Waals surface area (Å²) in [4.78, 5) is 3.33. The first-order valence-electron chi connectivity index (χ1n) is 6.62. The van der Waals surface area contributed by atoms with Gasteiger partial charge in [0.1, 0.15) is 0 Å². The van der Waals surface area contributed by atoms with Crippen molar-refractivity contribution in [2.24, 2.45) is 5.73 Å². The molecule has 0 aliphatic rings. The minimum absolute atomic E-state index is 0.246. The monoisotopic (exact) mass is 250 g/mol. The van der Waals surface area contributed by atoms with Gasteiger partial charge in [0.2, 0.25) is 0 Å². The van der Waals surface area contributed by atoms with Crippen molar-refractivity contribution in [3.8, 4) is 0 Å². The second-order valence-corrected chi connectivity index (χ2v) is 4.99. The van der Waals surface area contributed by atoms with Crippen LogP contribution in [0.4, 0.5) is 0 Å². The maximum absolute atomic E-state index is 6.02. The van der Waals surface area contributed by atoms with E-state index in [0.29, 0.717) is 6.54 Å². The highest BCUT2D eigenvalue weighted by molar-refractivity contribution is 5.84. The fraction of sp³-hybridized carbons (Fsp3) is 0.176. The molecule has 1 heterocycles. The van der Waals surface area contributed by atoms with Crippen LogP contribution in [0.2, 0.25) is 0 Å². The zero-order valence-corrected chi connectivity index (χ0v) is 11.1. The number of aromatic amines is 1. The van der Waals surface area contributed by atoms with Crippen LogP contribution in [0.5, 0.6) is 0 Å². The van der Waals surface area contributed by atoms with E-state index in [1.165, 1.54) is 27.6 Å². The number of aromatic nitrogens is 1. The van der Waals surface area contributed by atoms with E-state index in [1.54, 1.807) is 0 Å². The predicted molar refractivity (Wildman–Crippen MR) is 80.4 cm³/mol. The summed E-state index contributed by atoms with van der Waals surface area (Å²) in [6.07, 6.45) is 2.09. The Hall–Kier alpha value is -2.06. The Morgan fingerprint density at radius 2 is 1.95 bits per heavy atom. The third-order valence-electron chi connectivity index (χ3n) is 3.68. The zero-order chi connectivity index (χ0) is 13.2. The van der Waals surface area contributed by atoms with Crippen molar-refractivity contribution in [1.82, 2.24) is 4.98 Å². The topological polar surface area (TPSA) is 41.8 Å². The molecule has 3 aromatic rings. The predicted octanol–water partition coefficient (Wildman–Crippen LogP) is 3.57. The van der Waals surface area contributed by atoms with E-state index in [0.717, 1.165) is 0 Å². The van der Waals surface area contributed by atoms with E-state index in [2.05, 4.69) is 60.6 Å². The Labute approximate surface area is 113 Å². The van der Waals surface area contributed by atoms with Crippen LogP contribution in [-0.2, 0) is 0 Å². The SMILES string of the molecule is Cc1cccc([C@@H](CN)c2c[nH]c3ccccc23)c1. The Balaban J connectivity index is 2.12. The van der Waals surface area contributed by atoms with Crippen LogP contribution in [0.1, 0.15) is 22.6 Å². The number of fused-ring (bicyclic) bond motifs is 1. The molecule has 2 heteroatoms. The highest BCUT2D eigenvalue weighted by Gasteiger charge is 2.16. The largest absolute Gasteiger partial charge is 0.361 e. The lowest BCUT2D eigenvalue weighted by atomic mass is 9.90. The average Bonchev–Trinajstić information content (AvgIpc) is 2.84. The molecule has 0 bridgehead atoms. The van der Waals surface area contributed by atoms with E-state index in [9.17, 15) is 0 Å². The third-order valence-corrected chi connectivity index (χ3v) is 3.68. The smallest absolute Gasteiger partial charge is 0.0457 e. The number of aryl methyl sites for hydroxylation is 1. The van der Waals surface area contributed by atoms with Crippen molar-refractivity contribution < 1.29 is 0 Å². The molecule has 0 fully saturated rings. The molecular weight excluding hydrogens is 232 g/mol. The summed E-state index contributed by atoms with van der Waals surface area (Å²) in [7, 11) is 0. The summed E-state index contributed by atoms with van der Waals surface area (Å²) in [5, 5.41) is 1.26. The van der Waals surface area contributed by atoms with Gasteiger partial charge in [0.05, 0.1) is 0 Å². The van der Waals surface area contributed by atoms with Crippen LogP contribution in [-0.4, -0.2) is 11.5 Å². The van der Waals surface area contributed by atoms with E-state index in [-0.39, 0.29) is 5.92 Å². The Morgan fingerprint density at radius 1 is 1.11 bits per heavy atom. The molecule has 0 radical (unpaired) electrons. The summed E-state index contributed by atoms with van der Waals surface area (Å²) >= 11 is 0. The quantitative estimate of drug-likeness (QED) is 0.733. The van der Waals surface area contributed by atoms with Gasteiger partial charge in [-0.1, -0.05) is 48.0 Å². The molecule has 2 aromatic carbocycles. The summed E-state index contributed by atoms with van der Waals surface area (Å²) in [5.74, 6) is 0.246. The van der Waals surface area contributed by atoms with Crippen LogP contribution in [0.15, 0.2) is 54.7 Å². The van der Waals surface area contributed by atoms with Crippen molar-refractivity contribution in [3.05, 3.63) is 71.4 Å². The van der Waals surface area contributed by atoms with Crippen molar-refractivity contribution in [3.63, 3.8) is 0 Å². The first-order chi connectivity index (χ1) is 9.29. The van der Waals surface area contributed by atoms with Crippen LogP contribution < -0.4 is 5.73 Å². The molecule has 0 saturated heterocycles. The molecule has 3 N–H and O–H groups in total. The molecule has 0 aliphatic heterocycles. The number of hydrogen-bond donors (Lipinski definition) is 2. The van der Waals surface area contributed by atoms with Gasteiger partial charge in [-0.15, -0.1) is 0 Å². The summed E-state index contributed by atoms with van der Waals surface area (Å²) in [6.45, 7) is 2.73. The minimum atomic E-state index is 0.246. The standard InChI is InChI=1S/C17H18N2/c1-12-5-4-6-13(9-12)15(10-18)16-11-19-17-8-3-2-7-14(16)17/h2-9,11,15,19H,10,18H2,1H3/t15-/m1/s1. The highest BCUT2D eigenvalue weighted by atomic mass is 14.7. The number of hydrogen-bond acceptors (Lipinski definition) is 1. The lowest BCUT2D eigenvalue weighted by Gasteiger charge is -2.15. The van der Waals surface area contributed by atoms with Crippen molar-refractivity contribution in [2.75, 3.05) is 6.54 Å². The van der Waals surface area contributed by atoms with Crippen LogP contribution in [0.25, 0.3) is 10.9 Å². The molecule has 96 valence electrons. The van der Waals surface area contributed by atoms with Gasteiger partial charge in [-0.05, 0) is 24.1 Å². The Morgan fingerprint density at radius 3 is 2.74 bits per heavy atom. The molecule has 0 unspecified atom stereocenters.